The molecule has 1 aliphatic carbocycles. The van der Waals surface area contributed by atoms with Crippen LogP contribution >= 0.6 is 11.6 Å². The van der Waals surface area contributed by atoms with Crippen LogP contribution in [0.3, 0.4) is 0 Å². The highest BCUT2D eigenvalue weighted by Crippen LogP contribution is 2.31. The Morgan fingerprint density at radius 3 is 2.68 bits per heavy atom. The summed E-state index contributed by atoms with van der Waals surface area (Å²) in [6, 6.07) is 7.22. The Morgan fingerprint density at radius 1 is 1.26 bits per heavy atom. The van der Waals surface area contributed by atoms with E-state index in [-0.39, 0.29) is 18.0 Å². The molecular weight excluding hydrogens is 262 g/mol. The van der Waals surface area contributed by atoms with Crippen LogP contribution in [0.25, 0.3) is 0 Å². The molecule has 0 aromatic heterocycles. The highest BCUT2D eigenvalue weighted by molar-refractivity contribution is 6.30. The van der Waals surface area contributed by atoms with Crippen molar-refractivity contribution in [3.8, 4) is 0 Å². The van der Waals surface area contributed by atoms with Crippen LogP contribution in [0.5, 0.6) is 0 Å². The fourth-order valence-corrected chi connectivity index (χ4v) is 3.06. The molecule has 0 saturated heterocycles. The maximum atomic E-state index is 12.5. The molecule has 19 heavy (non-hydrogen) atoms. The van der Waals surface area contributed by atoms with Gasteiger partial charge in [0.15, 0.2) is 5.96 Å². The highest BCUT2D eigenvalue weighted by atomic mass is 35.5. The van der Waals surface area contributed by atoms with Crippen molar-refractivity contribution in [3.05, 3.63) is 34.9 Å². The summed E-state index contributed by atoms with van der Waals surface area (Å²) in [6.45, 7) is 0. The third-order valence-corrected chi connectivity index (χ3v) is 4.13. The fourth-order valence-electron chi connectivity index (χ4n) is 2.93. The minimum Gasteiger partial charge on any atom is -0.369 e. The Morgan fingerprint density at radius 2 is 1.95 bits per heavy atom. The van der Waals surface area contributed by atoms with Crippen LogP contribution in [0.2, 0.25) is 5.02 Å². The monoisotopic (exact) mass is 277 g/mol. The summed E-state index contributed by atoms with van der Waals surface area (Å²) in [7, 11) is 0. The zero-order valence-electron chi connectivity index (χ0n) is 10.6. The lowest BCUT2D eigenvalue weighted by Crippen LogP contribution is -2.47. The normalized spacial score (nSPS) is 25.9. The van der Waals surface area contributed by atoms with Gasteiger partial charge in [-0.15, -0.1) is 0 Å². The number of hydrogen-bond donors (Lipinski definition) is 1. The van der Waals surface area contributed by atoms with Gasteiger partial charge in [-0.1, -0.05) is 24.4 Å². The predicted molar refractivity (Wildman–Crippen MR) is 75.3 cm³/mol. The van der Waals surface area contributed by atoms with Gasteiger partial charge in [0.25, 0.3) is 5.91 Å². The highest BCUT2D eigenvalue weighted by Gasteiger charge is 2.40. The summed E-state index contributed by atoms with van der Waals surface area (Å²) in [5, 5.41) is 0.621. The van der Waals surface area contributed by atoms with Crippen molar-refractivity contribution in [2.75, 3.05) is 0 Å². The zero-order chi connectivity index (χ0) is 13.4. The molecule has 0 radical (unpaired) electrons. The minimum absolute atomic E-state index is 0.0766. The third kappa shape index (κ3) is 2.21. The first-order chi connectivity index (χ1) is 9.16. The van der Waals surface area contributed by atoms with E-state index in [1.165, 1.54) is 6.42 Å². The van der Waals surface area contributed by atoms with E-state index in [0.717, 1.165) is 19.3 Å². The quantitative estimate of drug-likeness (QED) is 0.857. The van der Waals surface area contributed by atoms with Gasteiger partial charge in [-0.3, -0.25) is 9.69 Å². The molecule has 1 heterocycles. The standard InChI is InChI=1S/C14H16ClN3O/c15-10-7-5-9(6-8-10)13(19)18-12-4-2-1-3-11(12)17-14(18)16/h5-8,11-12H,1-4H2,(H2,16,17)/t11-,12-/m0/s1. The molecule has 0 bridgehead atoms. The smallest absolute Gasteiger partial charge is 0.260 e. The number of carbonyl (C=O) groups excluding carboxylic acids is 1. The molecule has 1 aromatic carbocycles. The van der Waals surface area contributed by atoms with Gasteiger partial charge < -0.3 is 5.73 Å². The molecule has 2 N–H and O–H groups in total. The topological polar surface area (TPSA) is 58.7 Å². The molecule has 100 valence electrons. The number of aliphatic imine (C=N–C) groups is 1. The SMILES string of the molecule is NC1=N[C@H]2CCCC[C@@H]2N1C(=O)c1ccc(Cl)cc1. The van der Waals surface area contributed by atoms with Crippen molar-refractivity contribution < 1.29 is 4.79 Å². The number of fused-ring (bicyclic) bond motifs is 1. The molecule has 1 amide bonds. The number of nitrogens with zero attached hydrogens (tertiary/aromatic N) is 2. The number of hydrogen-bond acceptors (Lipinski definition) is 3. The van der Waals surface area contributed by atoms with Crippen molar-refractivity contribution in [2.24, 2.45) is 10.7 Å². The van der Waals surface area contributed by atoms with Crippen LogP contribution in [0.1, 0.15) is 36.0 Å². The Kier molecular flexibility index (Phi) is 3.19. The van der Waals surface area contributed by atoms with Crippen LogP contribution in [-0.4, -0.2) is 28.9 Å². The lowest BCUT2D eigenvalue weighted by molar-refractivity contribution is 0.0784. The average molecular weight is 278 g/mol. The second-order valence-corrected chi connectivity index (χ2v) is 5.52. The summed E-state index contributed by atoms with van der Waals surface area (Å²) in [4.78, 5) is 18.6. The maximum absolute atomic E-state index is 12.5. The number of guanidine groups is 1. The number of carbonyl (C=O) groups is 1. The molecule has 1 saturated carbocycles. The Labute approximate surface area is 117 Å². The molecule has 4 nitrogen and oxygen atoms in total. The van der Waals surface area contributed by atoms with Crippen LogP contribution in [-0.2, 0) is 0 Å². The number of amides is 1. The van der Waals surface area contributed by atoms with Crippen molar-refractivity contribution >= 4 is 23.5 Å². The maximum Gasteiger partial charge on any atom is 0.260 e. The Balaban J connectivity index is 1.86. The first-order valence-electron chi connectivity index (χ1n) is 6.59. The number of rotatable bonds is 1. The van der Waals surface area contributed by atoms with Crippen LogP contribution < -0.4 is 5.73 Å². The molecule has 5 heteroatoms. The molecule has 2 atom stereocenters. The van der Waals surface area contributed by atoms with E-state index in [2.05, 4.69) is 4.99 Å². The van der Waals surface area contributed by atoms with Gasteiger partial charge in [-0.25, -0.2) is 4.99 Å². The van der Waals surface area contributed by atoms with Gasteiger partial charge in [0.2, 0.25) is 0 Å². The largest absolute Gasteiger partial charge is 0.369 e. The number of halogens is 1. The molecule has 0 spiro atoms. The second-order valence-electron chi connectivity index (χ2n) is 5.09. The Bertz CT molecular complexity index is 526. The molecule has 2 aliphatic rings. The second kappa shape index (κ2) is 4.85. The summed E-state index contributed by atoms with van der Waals surface area (Å²) in [6.07, 6.45) is 4.30. The van der Waals surface area contributed by atoms with E-state index in [4.69, 9.17) is 17.3 Å². The van der Waals surface area contributed by atoms with Crippen molar-refractivity contribution in [1.29, 1.82) is 0 Å². The van der Waals surface area contributed by atoms with E-state index in [1.54, 1.807) is 29.2 Å². The van der Waals surface area contributed by atoms with Crippen LogP contribution in [0.4, 0.5) is 0 Å². The van der Waals surface area contributed by atoms with Crippen molar-refractivity contribution in [1.82, 2.24) is 4.90 Å². The van der Waals surface area contributed by atoms with Crippen LogP contribution in [0, 0.1) is 0 Å². The van der Waals surface area contributed by atoms with Crippen LogP contribution in [0.15, 0.2) is 29.3 Å². The van der Waals surface area contributed by atoms with Crippen molar-refractivity contribution in [2.45, 2.75) is 37.8 Å². The van der Waals surface area contributed by atoms with E-state index in [0.29, 0.717) is 16.5 Å². The summed E-state index contributed by atoms with van der Waals surface area (Å²) < 4.78 is 0. The van der Waals surface area contributed by atoms with E-state index in [1.807, 2.05) is 0 Å². The predicted octanol–water partition coefficient (Wildman–Crippen LogP) is 2.42. The average Bonchev–Trinajstić information content (AvgIpc) is 2.74. The summed E-state index contributed by atoms with van der Waals surface area (Å²) >= 11 is 5.84. The lowest BCUT2D eigenvalue weighted by Gasteiger charge is -2.30. The molecular formula is C14H16ClN3O. The van der Waals surface area contributed by atoms with Gasteiger partial charge in [-0.2, -0.15) is 0 Å². The third-order valence-electron chi connectivity index (χ3n) is 3.88. The summed E-state index contributed by atoms with van der Waals surface area (Å²) in [5.74, 6) is 0.282. The lowest BCUT2D eigenvalue weighted by atomic mass is 9.90. The van der Waals surface area contributed by atoms with Gasteiger partial charge in [-0.05, 0) is 37.1 Å². The first-order valence-corrected chi connectivity index (χ1v) is 6.97. The van der Waals surface area contributed by atoms with E-state index < -0.39 is 0 Å². The summed E-state index contributed by atoms with van der Waals surface area (Å²) in [5.41, 5.74) is 6.54. The number of nitrogens with two attached hydrogens (primary N) is 1. The molecule has 1 aliphatic heterocycles. The number of benzene rings is 1. The van der Waals surface area contributed by atoms with Gasteiger partial charge >= 0.3 is 0 Å². The molecule has 1 fully saturated rings. The molecule has 0 unspecified atom stereocenters. The van der Waals surface area contributed by atoms with Crippen molar-refractivity contribution in [3.63, 3.8) is 0 Å². The van der Waals surface area contributed by atoms with Gasteiger partial charge in [0.1, 0.15) is 0 Å². The minimum atomic E-state index is -0.0766. The first kappa shape index (κ1) is 12.5. The van der Waals surface area contributed by atoms with E-state index in [9.17, 15) is 4.79 Å². The van der Waals surface area contributed by atoms with Gasteiger partial charge in [0.05, 0.1) is 12.1 Å². The van der Waals surface area contributed by atoms with E-state index >= 15 is 0 Å². The van der Waals surface area contributed by atoms with Gasteiger partial charge in [0, 0.05) is 10.6 Å². The fraction of sp³-hybridized carbons (Fsp3) is 0.429. The molecule has 3 rings (SSSR count). The zero-order valence-corrected chi connectivity index (χ0v) is 11.3. The molecule has 1 aromatic rings. The Hall–Kier alpha value is -1.55.